The molecule has 22 heavy (non-hydrogen) atoms. The predicted octanol–water partition coefficient (Wildman–Crippen LogP) is 2.35. The van der Waals surface area contributed by atoms with Gasteiger partial charge in [-0.2, -0.15) is 5.10 Å². The van der Waals surface area contributed by atoms with Crippen molar-refractivity contribution in [2.75, 3.05) is 6.61 Å². The van der Waals surface area contributed by atoms with Gasteiger partial charge in [-0.15, -0.1) is 0 Å². The third kappa shape index (κ3) is 3.93. The number of aromatic nitrogens is 2. The maximum atomic E-state index is 11.6. The molecule has 1 atom stereocenters. The van der Waals surface area contributed by atoms with Gasteiger partial charge in [0.15, 0.2) is 5.92 Å². The molecule has 1 aromatic heterocycles. The molecule has 2 rings (SSSR count). The van der Waals surface area contributed by atoms with Gasteiger partial charge in [0.2, 0.25) is 0 Å². The molecule has 1 saturated carbocycles. The minimum Gasteiger partial charge on any atom is -0.480 e. The first kappa shape index (κ1) is 16.2. The molecular weight excluding hydrogens is 286 g/mol. The minimum atomic E-state index is -1.39. The number of aliphatic carboxylic acids is 1. The van der Waals surface area contributed by atoms with Crippen LogP contribution in [0, 0.1) is 5.92 Å². The van der Waals surface area contributed by atoms with E-state index in [1.807, 2.05) is 4.68 Å². The van der Waals surface area contributed by atoms with Crippen molar-refractivity contribution < 1.29 is 19.4 Å². The third-order valence-corrected chi connectivity index (χ3v) is 3.73. The summed E-state index contributed by atoms with van der Waals surface area (Å²) in [5.41, 5.74) is 0. The molecule has 0 radical (unpaired) electrons. The lowest BCUT2D eigenvalue weighted by atomic mass is 9.96. The van der Waals surface area contributed by atoms with E-state index in [-0.39, 0.29) is 6.61 Å². The Hall–Kier alpha value is -2.18. The molecule has 1 heterocycles. The highest BCUT2D eigenvalue weighted by Crippen LogP contribution is 2.30. The van der Waals surface area contributed by atoms with E-state index in [1.165, 1.54) is 6.42 Å². The fourth-order valence-electron chi connectivity index (χ4n) is 2.62. The predicted molar refractivity (Wildman–Crippen MR) is 80.3 cm³/mol. The number of carbonyl (C=O) groups excluding carboxylic acids is 1. The number of aliphatic imine (C=N–C) groups is 1. The molecule has 1 unspecified atom stereocenters. The zero-order chi connectivity index (χ0) is 15.9. The van der Waals surface area contributed by atoms with Crippen LogP contribution in [0.25, 0.3) is 0 Å². The summed E-state index contributed by atoms with van der Waals surface area (Å²) in [5, 5.41) is 13.4. The lowest BCUT2D eigenvalue weighted by Crippen LogP contribution is -2.27. The van der Waals surface area contributed by atoms with Crippen molar-refractivity contribution in [1.82, 2.24) is 9.78 Å². The summed E-state index contributed by atoms with van der Waals surface area (Å²) < 4.78 is 6.57. The summed E-state index contributed by atoms with van der Waals surface area (Å²) in [7, 11) is 0. The van der Waals surface area contributed by atoms with Gasteiger partial charge in [-0.3, -0.25) is 9.59 Å². The highest BCUT2D eigenvalue weighted by Gasteiger charge is 2.26. The second kappa shape index (κ2) is 7.72. The van der Waals surface area contributed by atoms with Crippen LogP contribution in [0.5, 0.6) is 0 Å². The molecule has 1 N–H and O–H groups in total. The van der Waals surface area contributed by atoms with Gasteiger partial charge in [-0.05, 0) is 19.8 Å². The smallest absolute Gasteiger partial charge is 0.325 e. The molecule has 7 nitrogen and oxygen atoms in total. The van der Waals surface area contributed by atoms with Crippen molar-refractivity contribution in [1.29, 1.82) is 0 Å². The molecule has 0 saturated heterocycles. The van der Waals surface area contributed by atoms with Gasteiger partial charge in [-0.25, -0.2) is 9.67 Å². The zero-order valence-electron chi connectivity index (χ0n) is 12.6. The SMILES string of the molecule is CCOC(=O)C(C=Nc1ccnn1C1CCCCC1)C(=O)O. The first-order valence-electron chi connectivity index (χ1n) is 7.60. The monoisotopic (exact) mass is 307 g/mol. The first-order chi connectivity index (χ1) is 10.6. The Labute approximate surface area is 129 Å². The van der Waals surface area contributed by atoms with Crippen LogP contribution in [0.15, 0.2) is 17.3 Å². The molecule has 0 spiro atoms. The summed E-state index contributed by atoms with van der Waals surface area (Å²) in [6.07, 6.45) is 8.41. The van der Waals surface area contributed by atoms with Crippen molar-refractivity contribution in [2.24, 2.45) is 10.9 Å². The Morgan fingerprint density at radius 1 is 1.50 bits per heavy atom. The van der Waals surface area contributed by atoms with E-state index in [2.05, 4.69) is 10.1 Å². The van der Waals surface area contributed by atoms with Crippen LogP contribution in [0.1, 0.15) is 45.1 Å². The molecule has 120 valence electrons. The Balaban J connectivity index is 2.13. The maximum absolute atomic E-state index is 11.6. The van der Waals surface area contributed by atoms with Gasteiger partial charge in [0.1, 0.15) is 5.82 Å². The number of carboxylic acid groups (broad SMARTS) is 1. The molecule has 1 aliphatic carbocycles. The standard InChI is InChI=1S/C15H21N3O4/c1-2-22-15(21)12(14(19)20)10-16-13-8-9-17-18(13)11-6-4-3-5-7-11/h8-12H,2-7H2,1H3,(H,19,20). The fraction of sp³-hybridized carbons (Fsp3) is 0.600. The Kier molecular flexibility index (Phi) is 5.68. The van der Waals surface area contributed by atoms with E-state index in [4.69, 9.17) is 9.84 Å². The van der Waals surface area contributed by atoms with E-state index in [0.29, 0.717) is 11.9 Å². The number of ether oxygens (including phenoxy) is 1. The number of hydrogen-bond donors (Lipinski definition) is 1. The molecule has 1 aliphatic rings. The highest BCUT2D eigenvalue weighted by atomic mass is 16.5. The van der Waals surface area contributed by atoms with Gasteiger partial charge in [-0.1, -0.05) is 19.3 Å². The molecule has 7 heteroatoms. The lowest BCUT2D eigenvalue weighted by Gasteiger charge is -2.22. The molecule has 0 amide bonds. The van der Waals surface area contributed by atoms with Crippen LogP contribution < -0.4 is 0 Å². The number of rotatable bonds is 6. The topological polar surface area (TPSA) is 93.8 Å². The Bertz CT molecular complexity index is 547. The van der Waals surface area contributed by atoms with Gasteiger partial charge in [0, 0.05) is 12.3 Å². The molecule has 0 bridgehead atoms. The van der Waals surface area contributed by atoms with Gasteiger partial charge >= 0.3 is 11.9 Å². The maximum Gasteiger partial charge on any atom is 0.325 e. The molecular formula is C15H21N3O4. The van der Waals surface area contributed by atoms with Gasteiger partial charge in [0.25, 0.3) is 0 Å². The Morgan fingerprint density at radius 3 is 2.86 bits per heavy atom. The van der Waals surface area contributed by atoms with Gasteiger partial charge < -0.3 is 9.84 Å². The number of esters is 1. The second-order valence-electron chi connectivity index (χ2n) is 5.27. The van der Waals surface area contributed by atoms with E-state index < -0.39 is 17.9 Å². The van der Waals surface area contributed by atoms with Gasteiger partial charge in [0.05, 0.1) is 18.8 Å². The number of nitrogens with zero attached hydrogens (tertiary/aromatic N) is 3. The second-order valence-corrected chi connectivity index (χ2v) is 5.27. The molecule has 1 fully saturated rings. The minimum absolute atomic E-state index is 0.135. The van der Waals surface area contributed by atoms with Crippen molar-refractivity contribution in [2.45, 2.75) is 45.1 Å². The van der Waals surface area contributed by atoms with E-state index in [9.17, 15) is 9.59 Å². The van der Waals surface area contributed by atoms with Crippen LogP contribution in [0.3, 0.4) is 0 Å². The van der Waals surface area contributed by atoms with Crippen LogP contribution in [0.4, 0.5) is 5.82 Å². The van der Waals surface area contributed by atoms with Crippen molar-refractivity contribution in [3.05, 3.63) is 12.3 Å². The summed E-state index contributed by atoms with van der Waals surface area (Å²) in [6, 6.07) is 2.01. The normalized spacial score (nSPS) is 17.5. The quantitative estimate of drug-likeness (QED) is 0.494. The van der Waals surface area contributed by atoms with Crippen LogP contribution in [-0.2, 0) is 14.3 Å². The van der Waals surface area contributed by atoms with Crippen LogP contribution in [0.2, 0.25) is 0 Å². The van der Waals surface area contributed by atoms with Crippen LogP contribution >= 0.6 is 0 Å². The third-order valence-electron chi connectivity index (χ3n) is 3.73. The zero-order valence-corrected chi connectivity index (χ0v) is 12.6. The Morgan fingerprint density at radius 2 is 2.23 bits per heavy atom. The average Bonchev–Trinajstić information content (AvgIpc) is 2.97. The molecule has 0 aromatic carbocycles. The number of carboxylic acids is 1. The van der Waals surface area contributed by atoms with Crippen LogP contribution in [-0.4, -0.2) is 39.6 Å². The van der Waals surface area contributed by atoms with E-state index in [0.717, 1.165) is 31.9 Å². The van der Waals surface area contributed by atoms with E-state index in [1.54, 1.807) is 19.2 Å². The number of carbonyl (C=O) groups is 2. The van der Waals surface area contributed by atoms with Crippen molar-refractivity contribution in [3.8, 4) is 0 Å². The van der Waals surface area contributed by atoms with Crippen molar-refractivity contribution in [3.63, 3.8) is 0 Å². The summed E-state index contributed by atoms with van der Waals surface area (Å²) >= 11 is 0. The molecule has 0 aliphatic heterocycles. The number of hydrogen-bond acceptors (Lipinski definition) is 5. The lowest BCUT2D eigenvalue weighted by molar-refractivity contribution is -0.154. The first-order valence-corrected chi connectivity index (χ1v) is 7.60. The summed E-state index contributed by atoms with van der Waals surface area (Å²) in [6.45, 7) is 1.77. The fourth-order valence-corrected chi connectivity index (χ4v) is 2.62. The van der Waals surface area contributed by atoms with E-state index >= 15 is 0 Å². The average molecular weight is 307 g/mol. The van der Waals surface area contributed by atoms with Crippen molar-refractivity contribution >= 4 is 24.0 Å². The summed E-state index contributed by atoms with van der Waals surface area (Å²) in [5.74, 6) is -2.90. The largest absolute Gasteiger partial charge is 0.480 e. The highest BCUT2D eigenvalue weighted by molar-refractivity contribution is 6.08. The molecule has 1 aromatic rings. The summed E-state index contributed by atoms with van der Waals surface area (Å²) in [4.78, 5) is 26.9.